The molecule has 1 aromatic carbocycles. The molecule has 1 N–H and O–H groups in total. The van der Waals surface area contributed by atoms with E-state index in [4.69, 9.17) is 5.11 Å². The van der Waals surface area contributed by atoms with Crippen LogP contribution in [0.15, 0.2) is 52.3 Å². The summed E-state index contributed by atoms with van der Waals surface area (Å²) in [6.07, 6.45) is 1.40. The zero-order chi connectivity index (χ0) is 15.5. The SMILES string of the molecule is O=C(O)c1ccc(S(=O)(=O)CCn2ncccc2=O)cc1. The van der Waals surface area contributed by atoms with E-state index in [1.54, 1.807) is 0 Å². The molecule has 0 saturated heterocycles. The van der Waals surface area contributed by atoms with Crippen LogP contribution in [0.4, 0.5) is 0 Å². The highest BCUT2D eigenvalue weighted by atomic mass is 32.2. The lowest BCUT2D eigenvalue weighted by atomic mass is 10.2. The molecule has 0 saturated carbocycles. The number of nitrogens with zero attached hydrogens (tertiary/aromatic N) is 2. The van der Waals surface area contributed by atoms with Crippen LogP contribution < -0.4 is 5.56 Å². The molecule has 110 valence electrons. The Morgan fingerprint density at radius 3 is 2.43 bits per heavy atom. The fourth-order valence-corrected chi connectivity index (χ4v) is 2.88. The Kier molecular flexibility index (Phi) is 4.18. The number of carboxylic acids is 1. The molecule has 0 unspecified atom stereocenters. The number of sulfone groups is 1. The summed E-state index contributed by atoms with van der Waals surface area (Å²) in [5.74, 6) is -1.42. The first kappa shape index (κ1) is 14.9. The highest BCUT2D eigenvalue weighted by Crippen LogP contribution is 2.12. The second-order valence-electron chi connectivity index (χ2n) is 4.23. The monoisotopic (exact) mass is 308 g/mol. The highest BCUT2D eigenvalue weighted by molar-refractivity contribution is 7.91. The second-order valence-corrected chi connectivity index (χ2v) is 6.34. The molecule has 0 radical (unpaired) electrons. The van der Waals surface area contributed by atoms with Gasteiger partial charge in [0.05, 0.1) is 22.8 Å². The minimum absolute atomic E-state index is 0.00916. The predicted octanol–water partition coefficient (Wildman–Crippen LogP) is 0.415. The van der Waals surface area contributed by atoms with Gasteiger partial charge in [0.1, 0.15) is 0 Å². The number of aromatic nitrogens is 2. The maximum absolute atomic E-state index is 12.1. The third kappa shape index (κ3) is 3.54. The van der Waals surface area contributed by atoms with Crippen LogP contribution >= 0.6 is 0 Å². The minimum atomic E-state index is -3.61. The summed E-state index contributed by atoms with van der Waals surface area (Å²) < 4.78 is 25.3. The number of carboxylic acid groups (broad SMARTS) is 1. The van der Waals surface area contributed by atoms with Crippen LogP contribution in [0.5, 0.6) is 0 Å². The van der Waals surface area contributed by atoms with E-state index in [2.05, 4.69) is 5.10 Å². The molecule has 0 aliphatic heterocycles. The number of hydrogen-bond acceptors (Lipinski definition) is 5. The zero-order valence-corrected chi connectivity index (χ0v) is 11.7. The van der Waals surface area contributed by atoms with Gasteiger partial charge in [0.15, 0.2) is 9.84 Å². The first-order valence-corrected chi connectivity index (χ1v) is 7.63. The van der Waals surface area contributed by atoms with Crippen molar-refractivity contribution in [3.8, 4) is 0 Å². The molecule has 2 rings (SSSR count). The van der Waals surface area contributed by atoms with E-state index in [9.17, 15) is 18.0 Å². The maximum Gasteiger partial charge on any atom is 0.335 e. The van der Waals surface area contributed by atoms with E-state index in [0.29, 0.717) is 0 Å². The number of benzene rings is 1. The van der Waals surface area contributed by atoms with Crippen molar-refractivity contribution in [2.75, 3.05) is 5.75 Å². The van der Waals surface area contributed by atoms with Gasteiger partial charge in [-0.05, 0) is 30.3 Å². The zero-order valence-electron chi connectivity index (χ0n) is 10.8. The summed E-state index contributed by atoms with van der Waals surface area (Å²) in [6, 6.07) is 7.68. The first-order valence-electron chi connectivity index (χ1n) is 5.98. The number of aryl methyl sites for hydroxylation is 1. The van der Waals surface area contributed by atoms with E-state index in [0.717, 1.165) is 4.68 Å². The Morgan fingerprint density at radius 1 is 1.19 bits per heavy atom. The van der Waals surface area contributed by atoms with Crippen molar-refractivity contribution in [1.82, 2.24) is 9.78 Å². The number of hydrogen-bond donors (Lipinski definition) is 1. The fourth-order valence-electron chi connectivity index (χ4n) is 1.68. The Hall–Kier alpha value is -2.48. The molecule has 0 aliphatic rings. The number of aromatic carboxylic acids is 1. The maximum atomic E-state index is 12.1. The molecule has 7 nitrogen and oxygen atoms in total. The quantitative estimate of drug-likeness (QED) is 0.857. The van der Waals surface area contributed by atoms with Crippen LogP contribution in [0.25, 0.3) is 0 Å². The molecule has 1 heterocycles. The summed E-state index contributed by atoms with van der Waals surface area (Å²) in [5.41, 5.74) is -0.371. The standard InChI is InChI=1S/C13H12N2O5S/c16-12-2-1-7-14-15(12)8-9-21(19,20)11-5-3-10(4-6-11)13(17)18/h1-7H,8-9H2,(H,17,18). The van der Waals surface area contributed by atoms with Crippen LogP contribution in [0, 0.1) is 0 Å². The molecule has 0 spiro atoms. The molecule has 0 aliphatic carbocycles. The largest absolute Gasteiger partial charge is 0.478 e. The van der Waals surface area contributed by atoms with Crippen molar-refractivity contribution in [3.05, 3.63) is 58.5 Å². The number of carbonyl (C=O) groups is 1. The van der Waals surface area contributed by atoms with E-state index in [1.807, 2.05) is 0 Å². The third-order valence-electron chi connectivity index (χ3n) is 2.82. The number of rotatable bonds is 5. The van der Waals surface area contributed by atoms with Crippen molar-refractivity contribution >= 4 is 15.8 Å². The van der Waals surface area contributed by atoms with Gasteiger partial charge < -0.3 is 5.11 Å². The fraction of sp³-hybridized carbons (Fsp3) is 0.154. The van der Waals surface area contributed by atoms with Gasteiger partial charge in [-0.2, -0.15) is 5.10 Å². The normalized spacial score (nSPS) is 11.2. The van der Waals surface area contributed by atoms with E-state index in [1.165, 1.54) is 42.6 Å². The Bertz CT molecular complexity index is 809. The van der Waals surface area contributed by atoms with Gasteiger partial charge in [0, 0.05) is 12.3 Å². The van der Waals surface area contributed by atoms with Gasteiger partial charge in [0.2, 0.25) is 0 Å². The average molecular weight is 308 g/mol. The molecule has 8 heteroatoms. The molecule has 0 bridgehead atoms. The van der Waals surface area contributed by atoms with Crippen molar-refractivity contribution in [2.45, 2.75) is 11.4 Å². The molecular formula is C13H12N2O5S. The molecule has 1 aromatic heterocycles. The van der Waals surface area contributed by atoms with E-state index < -0.39 is 15.8 Å². The Morgan fingerprint density at radius 2 is 1.86 bits per heavy atom. The summed E-state index contributed by atoms with van der Waals surface area (Å²) in [6.45, 7) is -0.0668. The van der Waals surface area contributed by atoms with Crippen molar-refractivity contribution in [1.29, 1.82) is 0 Å². The Labute approximate surface area is 120 Å². The lowest BCUT2D eigenvalue weighted by Crippen LogP contribution is -2.25. The van der Waals surface area contributed by atoms with Gasteiger partial charge in [-0.1, -0.05) is 0 Å². The van der Waals surface area contributed by atoms with Crippen LogP contribution in [-0.4, -0.2) is 35.0 Å². The summed E-state index contributed by atoms with van der Waals surface area (Å²) >= 11 is 0. The van der Waals surface area contributed by atoms with Gasteiger partial charge >= 0.3 is 5.97 Å². The average Bonchev–Trinajstić information content (AvgIpc) is 2.46. The van der Waals surface area contributed by atoms with Crippen molar-refractivity contribution in [2.24, 2.45) is 0 Å². The molecule has 0 atom stereocenters. The second kappa shape index (κ2) is 5.88. The van der Waals surface area contributed by atoms with Crippen LogP contribution in [0.1, 0.15) is 10.4 Å². The molecule has 0 fully saturated rings. The van der Waals surface area contributed by atoms with Crippen LogP contribution in [0.2, 0.25) is 0 Å². The molecule has 2 aromatic rings. The molecular weight excluding hydrogens is 296 g/mol. The van der Waals surface area contributed by atoms with E-state index in [-0.39, 0.29) is 28.3 Å². The first-order chi connectivity index (χ1) is 9.90. The minimum Gasteiger partial charge on any atom is -0.478 e. The third-order valence-corrected chi connectivity index (χ3v) is 4.53. The smallest absolute Gasteiger partial charge is 0.335 e. The topological polar surface area (TPSA) is 106 Å². The van der Waals surface area contributed by atoms with Gasteiger partial charge in [-0.3, -0.25) is 4.79 Å². The van der Waals surface area contributed by atoms with Crippen LogP contribution in [-0.2, 0) is 16.4 Å². The molecule has 0 amide bonds. The van der Waals surface area contributed by atoms with Gasteiger partial charge in [0.25, 0.3) is 5.56 Å². The predicted molar refractivity (Wildman–Crippen MR) is 74.0 cm³/mol. The van der Waals surface area contributed by atoms with E-state index >= 15 is 0 Å². The van der Waals surface area contributed by atoms with Gasteiger partial charge in [-0.25, -0.2) is 17.9 Å². The van der Waals surface area contributed by atoms with Crippen molar-refractivity contribution < 1.29 is 18.3 Å². The summed E-state index contributed by atoms with van der Waals surface area (Å²) in [5, 5.41) is 12.5. The van der Waals surface area contributed by atoms with Crippen molar-refractivity contribution in [3.63, 3.8) is 0 Å². The Balaban J connectivity index is 2.17. The summed E-state index contributed by atoms with van der Waals surface area (Å²) in [4.78, 5) is 22.2. The lowest BCUT2D eigenvalue weighted by molar-refractivity contribution is 0.0696. The highest BCUT2D eigenvalue weighted by Gasteiger charge is 2.15. The van der Waals surface area contributed by atoms with Gasteiger partial charge in [-0.15, -0.1) is 0 Å². The summed E-state index contributed by atoms with van der Waals surface area (Å²) in [7, 11) is -3.61. The van der Waals surface area contributed by atoms with Crippen LogP contribution in [0.3, 0.4) is 0 Å². The lowest BCUT2D eigenvalue weighted by Gasteiger charge is -2.06. The molecule has 21 heavy (non-hydrogen) atoms.